The van der Waals surface area contributed by atoms with Crippen LogP contribution >= 0.6 is 35.7 Å². The van der Waals surface area contributed by atoms with Crippen molar-refractivity contribution in [1.29, 1.82) is 0 Å². The van der Waals surface area contributed by atoms with Gasteiger partial charge in [0, 0.05) is 57.6 Å². The van der Waals surface area contributed by atoms with Crippen molar-refractivity contribution in [2.75, 3.05) is 64.7 Å². The minimum absolute atomic E-state index is 0. The maximum Gasteiger partial charge on any atom is 0.191 e. The predicted molar refractivity (Wildman–Crippen MR) is 123 cm³/mol. The molecule has 0 aliphatic carbocycles. The first-order chi connectivity index (χ1) is 11.7. The van der Waals surface area contributed by atoms with E-state index in [0.29, 0.717) is 5.92 Å². The van der Waals surface area contributed by atoms with Gasteiger partial charge in [-0.2, -0.15) is 11.8 Å². The Morgan fingerprint density at radius 2 is 1.88 bits per heavy atom. The average molecular weight is 484 g/mol. The third kappa shape index (κ3) is 9.15. The summed E-state index contributed by atoms with van der Waals surface area (Å²) < 4.78 is 0. The maximum absolute atomic E-state index is 4.82. The van der Waals surface area contributed by atoms with Gasteiger partial charge in [0.15, 0.2) is 5.96 Å². The first-order valence-electron chi connectivity index (χ1n) is 9.79. The van der Waals surface area contributed by atoms with E-state index in [9.17, 15) is 0 Å². The van der Waals surface area contributed by atoms with Gasteiger partial charge < -0.3 is 20.4 Å². The van der Waals surface area contributed by atoms with Crippen LogP contribution in [0.3, 0.4) is 0 Å². The van der Waals surface area contributed by atoms with Crippen molar-refractivity contribution >= 4 is 41.7 Å². The summed E-state index contributed by atoms with van der Waals surface area (Å²) in [6.07, 6.45) is 2.71. The highest BCUT2D eigenvalue weighted by molar-refractivity contribution is 14.0. The molecular formula is C18H38IN5S. The molecule has 0 spiro atoms. The zero-order valence-electron chi connectivity index (χ0n) is 16.3. The van der Waals surface area contributed by atoms with Crippen LogP contribution in [-0.2, 0) is 0 Å². The third-order valence-electron chi connectivity index (χ3n) is 4.91. The van der Waals surface area contributed by atoms with E-state index in [0.717, 1.165) is 30.8 Å². The number of rotatable bonds is 8. The van der Waals surface area contributed by atoms with Crippen LogP contribution in [0.4, 0.5) is 0 Å². The molecule has 0 saturated carbocycles. The second-order valence-electron chi connectivity index (χ2n) is 7.08. The molecule has 0 aromatic heterocycles. The monoisotopic (exact) mass is 483 g/mol. The number of likely N-dealkylation sites (N-methyl/N-ethyl adjacent to an activating group) is 1. The molecule has 25 heavy (non-hydrogen) atoms. The van der Waals surface area contributed by atoms with Crippen LogP contribution < -0.4 is 10.6 Å². The molecule has 0 amide bonds. The molecule has 0 aromatic carbocycles. The van der Waals surface area contributed by atoms with E-state index in [1.165, 1.54) is 57.9 Å². The van der Waals surface area contributed by atoms with Crippen LogP contribution in [0.1, 0.15) is 33.6 Å². The Bertz CT molecular complexity index is 368. The number of piperazine rings is 1. The molecule has 2 fully saturated rings. The maximum atomic E-state index is 4.82. The number of hydrogen-bond acceptors (Lipinski definition) is 4. The van der Waals surface area contributed by atoms with E-state index in [1.54, 1.807) is 0 Å². The second kappa shape index (κ2) is 13.4. The molecule has 2 atom stereocenters. The number of thioether (sulfide) groups is 1. The Morgan fingerprint density at radius 1 is 1.16 bits per heavy atom. The van der Waals surface area contributed by atoms with Crippen molar-refractivity contribution in [1.82, 2.24) is 20.4 Å². The Balaban J connectivity index is 0.00000312. The summed E-state index contributed by atoms with van der Waals surface area (Å²) in [6, 6.07) is 0. The standard InChI is InChI=1S/C18H37N5S.HI/c1-4-19-18(21-14-17-7-6-12-24-17)20-13-16(3)15-23-10-8-22(5-2)9-11-23;/h16-17H,4-15H2,1-3H3,(H2,19,20,21);1H. The number of halogens is 1. The van der Waals surface area contributed by atoms with Crippen LogP contribution in [-0.4, -0.2) is 85.7 Å². The van der Waals surface area contributed by atoms with Gasteiger partial charge >= 0.3 is 0 Å². The lowest BCUT2D eigenvalue weighted by Crippen LogP contribution is -2.47. The Morgan fingerprint density at radius 3 is 2.48 bits per heavy atom. The van der Waals surface area contributed by atoms with E-state index in [4.69, 9.17) is 4.99 Å². The van der Waals surface area contributed by atoms with E-state index in [1.807, 2.05) is 0 Å². The lowest BCUT2D eigenvalue weighted by molar-refractivity contribution is 0.125. The van der Waals surface area contributed by atoms with Gasteiger partial charge in [0.25, 0.3) is 0 Å². The zero-order chi connectivity index (χ0) is 17.2. The third-order valence-corrected chi connectivity index (χ3v) is 6.31. The van der Waals surface area contributed by atoms with Gasteiger partial charge in [-0.05, 0) is 38.0 Å². The zero-order valence-corrected chi connectivity index (χ0v) is 19.4. The number of hydrogen-bond donors (Lipinski definition) is 2. The number of aliphatic imine (C=N–C) groups is 1. The van der Waals surface area contributed by atoms with Crippen LogP contribution in [0.25, 0.3) is 0 Å². The normalized spacial score (nSPS) is 24.0. The molecule has 2 aliphatic rings. The van der Waals surface area contributed by atoms with Gasteiger partial charge in [-0.15, -0.1) is 24.0 Å². The molecule has 2 rings (SSSR count). The summed E-state index contributed by atoms with van der Waals surface area (Å²) in [5.74, 6) is 2.92. The first kappa shape index (κ1) is 23.3. The quantitative estimate of drug-likeness (QED) is 0.315. The number of nitrogens with zero attached hydrogens (tertiary/aromatic N) is 3. The first-order valence-corrected chi connectivity index (χ1v) is 10.8. The van der Waals surface area contributed by atoms with Crippen molar-refractivity contribution in [3.8, 4) is 0 Å². The fourth-order valence-electron chi connectivity index (χ4n) is 3.39. The van der Waals surface area contributed by atoms with Crippen molar-refractivity contribution in [2.45, 2.75) is 38.9 Å². The largest absolute Gasteiger partial charge is 0.357 e. The summed E-state index contributed by atoms with van der Waals surface area (Å²) in [5, 5.41) is 7.69. The van der Waals surface area contributed by atoms with Crippen molar-refractivity contribution < 1.29 is 0 Å². The van der Waals surface area contributed by atoms with E-state index >= 15 is 0 Å². The summed E-state index contributed by atoms with van der Waals surface area (Å²) in [6.45, 7) is 16.8. The van der Waals surface area contributed by atoms with Gasteiger partial charge in [0.1, 0.15) is 0 Å². The Hall–Kier alpha value is 0.270. The SMILES string of the molecule is CCNC(=NCC(C)CN1CCN(CC)CC1)NCC1CCCS1.I. The van der Waals surface area contributed by atoms with Gasteiger partial charge in [-0.25, -0.2) is 0 Å². The van der Waals surface area contributed by atoms with Gasteiger partial charge in [0.05, 0.1) is 0 Å². The van der Waals surface area contributed by atoms with Crippen molar-refractivity contribution in [3.63, 3.8) is 0 Å². The molecule has 2 unspecified atom stereocenters. The highest BCUT2D eigenvalue weighted by atomic mass is 127. The molecule has 7 heteroatoms. The van der Waals surface area contributed by atoms with Gasteiger partial charge in [-0.1, -0.05) is 13.8 Å². The molecule has 2 aliphatic heterocycles. The summed E-state index contributed by atoms with van der Waals surface area (Å²) >= 11 is 2.10. The fourth-order valence-corrected chi connectivity index (χ4v) is 4.59. The van der Waals surface area contributed by atoms with E-state index in [2.05, 4.69) is 53.0 Å². The highest BCUT2D eigenvalue weighted by Gasteiger charge is 2.18. The summed E-state index contributed by atoms with van der Waals surface area (Å²) in [4.78, 5) is 9.95. The molecule has 5 nitrogen and oxygen atoms in total. The lowest BCUT2D eigenvalue weighted by Gasteiger charge is -2.35. The van der Waals surface area contributed by atoms with Crippen LogP contribution in [0.5, 0.6) is 0 Å². The van der Waals surface area contributed by atoms with E-state index < -0.39 is 0 Å². The van der Waals surface area contributed by atoms with E-state index in [-0.39, 0.29) is 24.0 Å². The molecule has 2 N–H and O–H groups in total. The molecule has 0 radical (unpaired) electrons. The number of guanidine groups is 1. The van der Waals surface area contributed by atoms with Crippen LogP contribution in [0.15, 0.2) is 4.99 Å². The fraction of sp³-hybridized carbons (Fsp3) is 0.944. The predicted octanol–water partition coefficient (Wildman–Crippen LogP) is 2.33. The Labute approximate surface area is 176 Å². The molecule has 0 aromatic rings. The van der Waals surface area contributed by atoms with Crippen molar-refractivity contribution in [3.05, 3.63) is 0 Å². The summed E-state index contributed by atoms with van der Waals surface area (Å²) in [7, 11) is 0. The van der Waals surface area contributed by atoms with Gasteiger partial charge in [-0.3, -0.25) is 4.99 Å². The molecule has 148 valence electrons. The minimum atomic E-state index is 0. The van der Waals surface area contributed by atoms with Crippen LogP contribution in [0.2, 0.25) is 0 Å². The Kier molecular flexibility index (Phi) is 12.5. The topological polar surface area (TPSA) is 42.9 Å². The molecular weight excluding hydrogens is 445 g/mol. The van der Waals surface area contributed by atoms with Crippen molar-refractivity contribution in [2.24, 2.45) is 10.9 Å². The van der Waals surface area contributed by atoms with Crippen LogP contribution in [0, 0.1) is 5.92 Å². The van der Waals surface area contributed by atoms with Gasteiger partial charge in [0.2, 0.25) is 0 Å². The summed E-state index contributed by atoms with van der Waals surface area (Å²) in [5.41, 5.74) is 0. The molecule has 2 heterocycles. The smallest absolute Gasteiger partial charge is 0.191 e. The molecule has 0 bridgehead atoms. The average Bonchev–Trinajstić information content (AvgIpc) is 3.11. The number of nitrogens with one attached hydrogen (secondary N) is 2. The molecule has 2 saturated heterocycles. The minimum Gasteiger partial charge on any atom is -0.357 e. The lowest BCUT2D eigenvalue weighted by atomic mass is 10.1. The second-order valence-corrected chi connectivity index (χ2v) is 8.48. The highest BCUT2D eigenvalue weighted by Crippen LogP contribution is 2.25.